The molecule has 2 fully saturated rings. The Hall–Kier alpha value is -0.570. The van der Waals surface area contributed by atoms with E-state index in [0.717, 1.165) is 37.0 Å². The van der Waals surface area contributed by atoms with Crippen LogP contribution in [0, 0.1) is 23.7 Å². The van der Waals surface area contributed by atoms with Crippen LogP contribution in [0.2, 0.25) is 0 Å². The molecule has 116 valence electrons. The molecular weight excluding hydrogens is 252 g/mol. The summed E-state index contributed by atoms with van der Waals surface area (Å²) in [6.07, 6.45) is 12.1. The normalized spacial score (nSPS) is 34.7. The van der Waals surface area contributed by atoms with Gasteiger partial charge in [-0.2, -0.15) is 0 Å². The Bertz CT molecular complexity index is 287. The Morgan fingerprint density at radius 1 is 1.00 bits per heavy atom. The van der Waals surface area contributed by atoms with Gasteiger partial charge in [-0.1, -0.05) is 12.8 Å². The molecule has 1 N–H and O–H groups in total. The Kier molecular flexibility index (Phi) is 6.34. The van der Waals surface area contributed by atoms with Crippen molar-refractivity contribution in [2.45, 2.75) is 64.2 Å². The van der Waals surface area contributed by atoms with Crippen LogP contribution in [-0.4, -0.2) is 24.8 Å². The molecule has 0 aromatic carbocycles. The molecule has 0 radical (unpaired) electrons. The van der Waals surface area contributed by atoms with Crippen molar-refractivity contribution in [1.82, 2.24) is 0 Å². The fraction of sp³-hybridized carbons (Fsp3) is 0.941. The summed E-state index contributed by atoms with van der Waals surface area (Å²) in [4.78, 5) is 11.6. The molecule has 0 aromatic rings. The zero-order valence-electron chi connectivity index (χ0n) is 12.9. The Balaban J connectivity index is 1.69. The van der Waals surface area contributed by atoms with Crippen molar-refractivity contribution in [2.75, 3.05) is 13.7 Å². The van der Waals surface area contributed by atoms with E-state index in [4.69, 9.17) is 9.84 Å². The second-order valence-corrected chi connectivity index (χ2v) is 6.78. The molecule has 2 rings (SSSR count). The van der Waals surface area contributed by atoms with Crippen LogP contribution in [-0.2, 0) is 9.53 Å². The van der Waals surface area contributed by atoms with Crippen molar-refractivity contribution in [3.05, 3.63) is 0 Å². The molecule has 3 nitrogen and oxygen atoms in total. The number of methoxy groups -OCH3 is 1. The molecule has 0 aliphatic heterocycles. The van der Waals surface area contributed by atoms with Crippen LogP contribution in [0.25, 0.3) is 0 Å². The first-order valence-corrected chi connectivity index (χ1v) is 8.43. The second-order valence-electron chi connectivity index (χ2n) is 6.78. The summed E-state index contributed by atoms with van der Waals surface area (Å²) in [6.45, 7) is 0.345. The predicted molar refractivity (Wildman–Crippen MR) is 79.2 cm³/mol. The molecule has 0 bridgehead atoms. The zero-order chi connectivity index (χ0) is 14.4. The monoisotopic (exact) mass is 282 g/mol. The summed E-state index contributed by atoms with van der Waals surface area (Å²) in [6, 6.07) is 0. The van der Waals surface area contributed by atoms with Crippen LogP contribution in [0.3, 0.4) is 0 Å². The lowest BCUT2D eigenvalue weighted by atomic mass is 9.69. The van der Waals surface area contributed by atoms with Crippen molar-refractivity contribution in [2.24, 2.45) is 23.7 Å². The van der Waals surface area contributed by atoms with E-state index in [9.17, 15) is 4.79 Å². The number of aliphatic hydroxyl groups excluding tert-OH is 1. The van der Waals surface area contributed by atoms with E-state index in [1.165, 1.54) is 52.1 Å². The van der Waals surface area contributed by atoms with Gasteiger partial charge in [-0.05, 0) is 69.1 Å². The van der Waals surface area contributed by atoms with Crippen LogP contribution < -0.4 is 0 Å². The smallest absolute Gasteiger partial charge is 0.308 e. The highest BCUT2D eigenvalue weighted by Crippen LogP contribution is 2.42. The standard InChI is InChI=1S/C17H30O3/c1-20-17(19)16-10-8-15(9-11-16)14-6-4-13(5-7-14)3-2-12-18/h13-16,18H,2-12H2,1H3/t13-,14-,15-,16-. The van der Waals surface area contributed by atoms with Gasteiger partial charge >= 0.3 is 5.97 Å². The van der Waals surface area contributed by atoms with Crippen LogP contribution in [0.4, 0.5) is 0 Å². The molecule has 0 saturated heterocycles. The molecular formula is C17H30O3. The lowest BCUT2D eigenvalue weighted by Crippen LogP contribution is -2.28. The molecule has 2 aliphatic carbocycles. The fourth-order valence-corrected chi connectivity index (χ4v) is 4.32. The van der Waals surface area contributed by atoms with Crippen molar-refractivity contribution in [3.8, 4) is 0 Å². The highest BCUT2D eigenvalue weighted by Gasteiger charge is 2.32. The molecule has 0 spiro atoms. The van der Waals surface area contributed by atoms with Crippen LogP contribution in [0.15, 0.2) is 0 Å². The topological polar surface area (TPSA) is 46.5 Å². The number of hydrogen-bond donors (Lipinski definition) is 1. The zero-order valence-corrected chi connectivity index (χ0v) is 12.9. The minimum Gasteiger partial charge on any atom is -0.469 e. The van der Waals surface area contributed by atoms with Crippen LogP contribution in [0.1, 0.15) is 64.2 Å². The second kappa shape index (κ2) is 8.02. The minimum atomic E-state index is -0.00355. The molecule has 2 aliphatic rings. The van der Waals surface area contributed by atoms with E-state index in [0.29, 0.717) is 6.61 Å². The number of carbonyl (C=O) groups excluding carboxylic acids is 1. The SMILES string of the molecule is COC(=O)[C@H]1CC[C@H]([C@H]2CC[C@H](CCCO)CC2)CC1. The average Bonchev–Trinajstić information content (AvgIpc) is 2.53. The number of ether oxygens (including phenoxy) is 1. The van der Waals surface area contributed by atoms with Gasteiger partial charge in [0.25, 0.3) is 0 Å². The number of hydrogen-bond acceptors (Lipinski definition) is 3. The molecule has 0 amide bonds. The molecule has 3 heteroatoms. The first-order valence-electron chi connectivity index (χ1n) is 8.43. The largest absolute Gasteiger partial charge is 0.469 e. The third-order valence-electron chi connectivity index (χ3n) is 5.63. The van der Waals surface area contributed by atoms with Gasteiger partial charge < -0.3 is 9.84 Å². The average molecular weight is 282 g/mol. The maximum Gasteiger partial charge on any atom is 0.308 e. The van der Waals surface area contributed by atoms with Crippen LogP contribution >= 0.6 is 0 Å². The van der Waals surface area contributed by atoms with Gasteiger partial charge in [0.1, 0.15) is 0 Å². The summed E-state index contributed by atoms with van der Waals surface area (Å²) >= 11 is 0. The summed E-state index contributed by atoms with van der Waals surface area (Å²) in [7, 11) is 1.50. The highest BCUT2D eigenvalue weighted by molar-refractivity contribution is 5.72. The van der Waals surface area contributed by atoms with Crippen molar-refractivity contribution < 1.29 is 14.6 Å². The lowest BCUT2D eigenvalue weighted by Gasteiger charge is -2.37. The maximum absolute atomic E-state index is 11.6. The molecule has 0 atom stereocenters. The summed E-state index contributed by atoms with van der Waals surface area (Å²) in [5.41, 5.74) is 0. The number of esters is 1. The fourth-order valence-electron chi connectivity index (χ4n) is 4.32. The van der Waals surface area contributed by atoms with E-state index >= 15 is 0 Å². The van der Waals surface area contributed by atoms with Crippen molar-refractivity contribution >= 4 is 5.97 Å². The van der Waals surface area contributed by atoms with Gasteiger partial charge in [0.2, 0.25) is 0 Å². The Labute approximate surface area is 123 Å². The Morgan fingerprint density at radius 3 is 2.05 bits per heavy atom. The van der Waals surface area contributed by atoms with E-state index < -0.39 is 0 Å². The van der Waals surface area contributed by atoms with Gasteiger partial charge in [-0.25, -0.2) is 0 Å². The lowest BCUT2D eigenvalue weighted by molar-refractivity contribution is -0.147. The minimum absolute atomic E-state index is 0.00355. The van der Waals surface area contributed by atoms with E-state index in [2.05, 4.69) is 0 Å². The summed E-state index contributed by atoms with van der Waals surface area (Å²) < 4.78 is 4.86. The van der Waals surface area contributed by atoms with Gasteiger partial charge in [-0.15, -0.1) is 0 Å². The number of rotatable bonds is 5. The van der Waals surface area contributed by atoms with E-state index in [1.807, 2.05) is 0 Å². The van der Waals surface area contributed by atoms with Gasteiger partial charge in [0.05, 0.1) is 13.0 Å². The van der Waals surface area contributed by atoms with Crippen molar-refractivity contribution in [3.63, 3.8) is 0 Å². The first kappa shape index (κ1) is 15.8. The third kappa shape index (κ3) is 4.21. The molecule has 20 heavy (non-hydrogen) atoms. The number of carbonyl (C=O) groups is 1. The van der Waals surface area contributed by atoms with Crippen molar-refractivity contribution in [1.29, 1.82) is 0 Å². The Morgan fingerprint density at radius 2 is 1.55 bits per heavy atom. The number of aliphatic hydroxyl groups is 1. The predicted octanol–water partition coefficient (Wildman–Crippen LogP) is 3.54. The third-order valence-corrected chi connectivity index (χ3v) is 5.63. The summed E-state index contributed by atoms with van der Waals surface area (Å²) in [5, 5.41) is 8.90. The molecule has 0 aromatic heterocycles. The maximum atomic E-state index is 11.6. The summed E-state index contributed by atoms with van der Waals surface area (Å²) in [5.74, 6) is 2.74. The molecule has 0 heterocycles. The first-order chi connectivity index (χ1) is 9.74. The quantitative estimate of drug-likeness (QED) is 0.784. The van der Waals surface area contributed by atoms with E-state index in [-0.39, 0.29) is 11.9 Å². The van der Waals surface area contributed by atoms with E-state index in [1.54, 1.807) is 0 Å². The van der Waals surface area contributed by atoms with Crippen LogP contribution in [0.5, 0.6) is 0 Å². The molecule has 2 saturated carbocycles. The van der Waals surface area contributed by atoms with Gasteiger partial charge in [0.15, 0.2) is 0 Å². The molecule has 0 unspecified atom stereocenters. The van der Waals surface area contributed by atoms with Gasteiger partial charge in [0, 0.05) is 6.61 Å². The highest BCUT2D eigenvalue weighted by atomic mass is 16.5. The van der Waals surface area contributed by atoms with Gasteiger partial charge in [-0.3, -0.25) is 4.79 Å².